The standard InChI is InChI=1S/C12H16FNO3S/c13-11-6-1-2-7-12(11)18(16,17)14-8-4-3-5-10(14)9-15/h1-2,6-7,10,15H,3-5,8-9H2. The molecule has 1 N–H and O–H groups in total. The lowest BCUT2D eigenvalue weighted by molar-refractivity contribution is 0.155. The lowest BCUT2D eigenvalue weighted by Gasteiger charge is -2.33. The van der Waals surface area contributed by atoms with Crippen molar-refractivity contribution >= 4 is 10.0 Å². The van der Waals surface area contributed by atoms with Crippen molar-refractivity contribution in [2.45, 2.75) is 30.2 Å². The van der Waals surface area contributed by atoms with Gasteiger partial charge in [-0.2, -0.15) is 4.31 Å². The summed E-state index contributed by atoms with van der Waals surface area (Å²) in [5.41, 5.74) is 0. The number of benzene rings is 1. The fraction of sp³-hybridized carbons (Fsp3) is 0.500. The van der Waals surface area contributed by atoms with Crippen molar-refractivity contribution in [3.8, 4) is 0 Å². The Labute approximate surface area is 106 Å². The highest BCUT2D eigenvalue weighted by atomic mass is 32.2. The quantitative estimate of drug-likeness (QED) is 0.904. The molecule has 6 heteroatoms. The zero-order valence-electron chi connectivity index (χ0n) is 9.92. The van der Waals surface area contributed by atoms with Crippen LogP contribution < -0.4 is 0 Å². The summed E-state index contributed by atoms with van der Waals surface area (Å²) in [4.78, 5) is -0.314. The Morgan fingerprint density at radius 1 is 1.33 bits per heavy atom. The number of piperidine rings is 1. The van der Waals surface area contributed by atoms with Crippen LogP contribution in [0, 0.1) is 5.82 Å². The third kappa shape index (κ3) is 2.41. The molecule has 0 saturated carbocycles. The van der Waals surface area contributed by atoms with Gasteiger partial charge in [-0.15, -0.1) is 0 Å². The van der Waals surface area contributed by atoms with E-state index in [0.717, 1.165) is 18.9 Å². The van der Waals surface area contributed by atoms with Crippen LogP contribution in [-0.2, 0) is 10.0 Å². The molecule has 1 aliphatic rings. The second-order valence-corrected chi connectivity index (χ2v) is 6.24. The third-order valence-corrected chi connectivity index (χ3v) is 5.19. The van der Waals surface area contributed by atoms with Gasteiger partial charge in [-0.3, -0.25) is 0 Å². The number of aliphatic hydroxyl groups is 1. The van der Waals surface area contributed by atoms with Crippen LogP contribution in [0.15, 0.2) is 29.2 Å². The minimum Gasteiger partial charge on any atom is -0.395 e. The van der Waals surface area contributed by atoms with Gasteiger partial charge in [-0.1, -0.05) is 18.6 Å². The SMILES string of the molecule is O=S(=O)(c1ccccc1F)N1CCCCC1CO. The monoisotopic (exact) mass is 273 g/mol. The minimum absolute atomic E-state index is 0.228. The van der Waals surface area contributed by atoms with Crippen molar-refractivity contribution in [1.82, 2.24) is 4.31 Å². The predicted octanol–water partition coefficient (Wildman–Crippen LogP) is 1.36. The molecule has 2 rings (SSSR count). The normalized spacial score (nSPS) is 22.0. The molecule has 1 fully saturated rings. The smallest absolute Gasteiger partial charge is 0.246 e. The third-order valence-electron chi connectivity index (χ3n) is 3.21. The molecule has 1 aliphatic heterocycles. The molecular weight excluding hydrogens is 257 g/mol. The van der Waals surface area contributed by atoms with Gasteiger partial charge in [0.15, 0.2) is 0 Å². The van der Waals surface area contributed by atoms with Gasteiger partial charge in [0.05, 0.1) is 6.61 Å². The van der Waals surface area contributed by atoms with Crippen LogP contribution in [0.1, 0.15) is 19.3 Å². The van der Waals surface area contributed by atoms with E-state index >= 15 is 0 Å². The van der Waals surface area contributed by atoms with E-state index < -0.39 is 21.9 Å². The van der Waals surface area contributed by atoms with Crippen LogP contribution in [0.5, 0.6) is 0 Å². The van der Waals surface area contributed by atoms with Crippen LogP contribution in [0.3, 0.4) is 0 Å². The molecule has 0 radical (unpaired) electrons. The number of aliphatic hydroxyl groups excluding tert-OH is 1. The van der Waals surface area contributed by atoms with Crippen LogP contribution >= 0.6 is 0 Å². The van der Waals surface area contributed by atoms with E-state index in [2.05, 4.69) is 0 Å². The number of halogens is 1. The first-order valence-corrected chi connectivity index (χ1v) is 7.38. The summed E-state index contributed by atoms with van der Waals surface area (Å²) in [6, 6.07) is 4.89. The van der Waals surface area contributed by atoms with Crippen LogP contribution in [0.4, 0.5) is 4.39 Å². The Kier molecular flexibility index (Phi) is 3.99. The molecular formula is C12H16FNO3S. The van der Waals surface area contributed by atoms with Gasteiger partial charge in [0.25, 0.3) is 0 Å². The van der Waals surface area contributed by atoms with Crippen molar-refractivity contribution < 1.29 is 17.9 Å². The van der Waals surface area contributed by atoms with E-state index in [1.54, 1.807) is 0 Å². The Bertz CT molecular complexity index is 518. The zero-order chi connectivity index (χ0) is 13.2. The maximum Gasteiger partial charge on any atom is 0.246 e. The van der Waals surface area contributed by atoms with Gasteiger partial charge in [-0.25, -0.2) is 12.8 Å². The second kappa shape index (κ2) is 5.34. The van der Waals surface area contributed by atoms with Crippen molar-refractivity contribution in [2.75, 3.05) is 13.2 Å². The number of nitrogens with zero attached hydrogens (tertiary/aromatic N) is 1. The van der Waals surface area contributed by atoms with Crippen molar-refractivity contribution in [1.29, 1.82) is 0 Å². The number of hydrogen-bond acceptors (Lipinski definition) is 3. The predicted molar refractivity (Wildman–Crippen MR) is 65.0 cm³/mol. The number of sulfonamides is 1. The first-order chi connectivity index (χ1) is 8.57. The van der Waals surface area contributed by atoms with Crippen LogP contribution in [-0.4, -0.2) is 37.0 Å². The highest BCUT2D eigenvalue weighted by Gasteiger charge is 2.34. The molecule has 1 heterocycles. The molecule has 1 unspecified atom stereocenters. The van der Waals surface area contributed by atoms with Crippen LogP contribution in [0.25, 0.3) is 0 Å². The maximum atomic E-state index is 13.6. The topological polar surface area (TPSA) is 57.6 Å². The number of rotatable bonds is 3. The fourth-order valence-electron chi connectivity index (χ4n) is 2.25. The second-order valence-electron chi connectivity index (χ2n) is 4.38. The maximum absolute atomic E-state index is 13.6. The highest BCUT2D eigenvalue weighted by Crippen LogP contribution is 2.26. The van der Waals surface area contributed by atoms with Gasteiger partial charge in [-0.05, 0) is 25.0 Å². The highest BCUT2D eigenvalue weighted by molar-refractivity contribution is 7.89. The summed E-state index contributed by atoms with van der Waals surface area (Å²) >= 11 is 0. The molecule has 4 nitrogen and oxygen atoms in total. The number of hydrogen-bond donors (Lipinski definition) is 1. The molecule has 100 valence electrons. The summed E-state index contributed by atoms with van der Waals surface area (Å²) in [6.45, 7) is 0.107. The molecule has 1 saturated heterocycles. The molecule has 0 spiro atoms. The van der Waals surface area contributed by atoms with Crippen molar-refractivity contribution in [3.63, 3.8) is 0 Å². The summed E-state index contributed by atoms with van der Waals surface area (Å²) < 4.78 is 39.5. The molecule has 0 amide bonds. The average molecular weight is 273 g/mol. The minimum atomic E-state index is -3.86. The van der Waals surface area contributed by atoms with E-state index in [9.17, 15) is 17.9 Å². The lowest BCUT2D eigenvalue weighted by atomic mass is 10.1. The van der Waals surface area contributed by atoms with Gasteiger partial charge in [0.1, 0.15) is 10.7 Å². The molecule has 1 atom stereocenters. The first kappa shape index (κ1) is 13.5. The zero-order valence-corrected chi connectivity index (χ0v) is 10.7. The fourth-order valence-corrected chi connectivity index (χ4v) is 4.00. The average Bonchev–Trinajstić information content (AvgIpc) is 2.39. The summed E-state index contributed by atoms with van der Waals surface area (Å²) in [5.74, 6) is -0.750. The van der Waals surface area contributed by atoms with E-state index in [1.165, 1.54) is 22.5 Å². The molecule has 18 heavy (non-hydrogen) atoms. The van der Waals surface area contributed by atoms with Crippen molar-refractivity contribution in [2.24, 2.45) is 0 Å². The first-order valence-electron chi connectivity index (χ1n) is 5.94. The molecule has 1 aromatic carbocycles. The van der Waals surface area contributed by atoms with Crippen molar-refractivity contribution in [3.05, 3.63) is 30.1 Å². The van der Waals surface area contributed by atoms with Crippen LogP contribution in [0.2, 0.25) is 0 Å². The van der Waals surface area contributed by atoms with E-state index in [1.807, 2.05) is 0 Å². The molecule has 0 bridgehead atoms. The molecule has 0 aromatic heterocycles. The van der Waals surface area contributed by atoms with E-state index in [0.29, 0.717) is 13.0 Å². The van der Waals surface area contributed by atoms with E-state index in [-0.39, 0.29) is 11.5 Å². The van der Waals surface area contributed by atoms with Gasteiger partial charge < -0.3 is 5.11 Å². The lowest BCUT2D eigenvalue weighted by Crippen LogP contribution is -2.45. The Morgan fingerprint density at radius 2 is 2.06 bits per heavy atom. The van der Waals surface area contributed by atoms with Gasteiger partial charge in [0.2, 0.25) is 10.0 Å². The van der Waals surface area contributed by atoms with Gasteiger partial charge >= 0.3 is 0 Å². The summed E-state index contributed by atoms with van der Waals surface area (Å²) in [5, 5.41) is 9.24. The largest absolute Gasteiger partial charge is 0.395 e. The van der Waals surface area contributed by atoms with Gasteiger partial charge in [0, 0.05) is 12.6 Å². The Hall–Kier alpha value is -0.980. The van der Waals surface area contributed by atoms with E-state index in [4.69, 9.17) is 0 Å². The summed E-state index contributed by atoms with van der Waals surface area (Å²) in [7, 11) is -3.86. The molecule has 1 aromatic rings. The Morgan fingerprint density at radius 3 is 2.72 bits per heavy atom. The Balaban J connectivity index is 2.39. The summed E-state index contributed by atoms with van der Waals surface area (Å²) in [6.07, 6.45) is 2.24. The molecule has 0 aliphatic carbocycles.